The van der Waals surface area contributed by atoms with Crippen LogP contribution < -0.4 is 0 Å². The molecule has 0 aromatic heterocycles. The Hall–Kier alpha value is -1.75. The Balaban J connectivity index is 2.21. The molecule has 1 aliphatic rings. The van der Waals surface area contributed by atoms with E-state index in [4.69, 9.17) is 5.11 Å². The van der Waals surface area contributed by atoms with Gasteiger partial charge in [-0.25, -0.2) is 4.79 Å². The molecule has 1 unspecified atom stereocenters. The van der Waals surface area contributed by atoms with Crippen LogP contribution in [0.5, 0.6) is 0 Å². The number of aliphatic carboxylic acids is 1. The van der Waals surface area contributed by atoms with Gasteiger partial charge in [0.25, 0.3) is 5.91 Å². The quantitative estimate of drug-likeness (QED) is 0.872. The van der Waals surface area contributed by atoms with Crippen LogP contribution in [0.2, 0.25) is 0 Å². The predicted molar refractivity (Wildman–Crippen MR) is 85.7 cm³/mol. The van der Waals surface area contributed by atoms with E-state index >= 15 is 0 Å². The highest BCUT2D eigenvalue weighted by Crippen LogP contribution is 2.21. The Morgan fingerprint density at radius 2 is 2.19 bits per heavy atom. The van der Waals surface area contributed by atoms with Gasteiger partial charge in [-0.15, -0.1) is 0 Å². The van der Waals surface area contributed by atoms with Crippen molar-refractivity contribution in [1.29, 1.82) is 0 Å². The summed E-state index contributed by atoms with van der Waals surface area (Å²) in [6.45, 7) is 5.55. The normalized spacial score (nSPS) is 19.0. The van der Waals surface area contributed by atoms with Gasteiger partial charge in [-0.1, -0.05) is 13.0 Å². The lowest BCUT2D eigenvalue weighted by molar-refractivity contribution is -0.131. The SMILES string of the molecule is Cc1ccc(C(=O)N2CCSC(C)C2)cc1/C=C/C(=O)O. The summed E-state index contributed by atoms with van der Waals surface area (Å²) in [6.07, 6.45) is 2.62. The van der Waals surface area contributed by atoms with E-state index in [1.54, 1.807) is 6.07 Å². The third kappa shape index (κ3) is 4.11. The van der Waals surface area contributed by atoms with Gasteiger partial charge in [-0.05, 0) is 36.3 Å². The lowest BCUT2D eigenvalue weighted by Crippen LogP contribution is -2.41. The van der Waals surface area contributed by atoms with Gasteiger partial charge < -0.3 is 10.0 Å². The third-order valence-electron chi connectivity index (χ3n) is 3.46. The average molecular weight is 305 g/mol. The van der Waals surface area contributed by atoms with E-state index in [1.165, 1.54) is 6.08 Å². The van der Waals surface area contributed by atoms with Crippen LogP contribution in [0, 0.1) is 6.92 Å². The molecule has 1 N–H and O–H groups in total. The van der Waals surface area contributed by atoms with E-state index in [0.717, 1.165) is 36.0 Å². The molecule has 5 heteroatoms. The molecule has 1 amide bonds. The molecule has 2 rings (SSSR count). The van der Waals surface area contributed by atoms with Crippen LogP contribution in [-0.4, -0.2) is 46.0 Å². The number of carboxylic acids is 1. The Morgan fingerprint density at radius 1 is 1.43 bits per heavy atom. The molecule has 1 atom stereocenters. The Kier molecular flexibility index (Phi) is 5.07. The van der Waals surface area contributed by atoms with E-state index in [1.807, 2.05) is 35.7 Å². The maximum atomic E-state index is 12.5. The second-order valence-corrected chi connectivity index (χ2v) is 6.72. The summed E-state index contributed by atoms with van der Waals surface area (Å²) < 4.78 is 0. The van der Waals surface area contributed by atoms with Crippen molar-refractivity contribution in [2.24, 2.45) is 0 Å². The zero-order valence-electron chi connectivity index (χ0n) is 12.2. The van der Waals surface area contributed by atoms with Crippen LogP contribution in [0.1, 0.15) is 28.4 Å². The van der Waals surface area contributed by atoms with Gasteiger partial charge in [0.1, 0.15) is 0 Å². The minimum Gasteiger partial charge on any atom is -0.478 e. The predicted octanol–water partition coefficient (Wildman–Crippen LogP) is 2.67. The van der Waals surface area contributed by atoms with E-state index in [-0.39, 0.29) is 5.91 Å². The molecule has 1 aliphatic heterocycles. The third-order valence-corrected chi connectivity index (χ3v) is 4.60. The first-order valence-corrected chi connectivity index (χ1v) is 7.95. The van der Waals surface area contributed by atoms with Crippen LogP contribution in [0.15, 0.2) is 24.3 Å². The first-order chi connectivity index (χ1) is 9.97. The van der Waals surface area contributed by atoms with Crippen molar-refractivity contribution in [3.8, 4) is 0 Å². The summed E-state index contributed by atoms with van der Waals surface area (Å²) in [5, 5.41) is 9.17. The molecule has 112 valence electrons. The van der Waals surface area contributed by atoms with Gasteiger partial charge in [-0.2, -0.15) is 11.8 Å². The summed E-state index contributed by atoms with van der Waals surface area (Å²) in [7, 11) is 0. The molecule has 0 spiro atoms. The first kappa shape index (κ1) is 15.6. The fraction of sp³-hybridized carbons (Fsp3) is 0.375. The van der Waals surface area contributed by atoms with Crippen molar-refractivity contribution in [1.82, 2.24) is 4.90 Å². The number of carbonyl (C=O) groups excluding carboxylic acids is 1. The maximum absolute atomic E-state index is 12.5. The monoisotopic (exact) mass is 305 g/mol. The number of rotatable bonds is 3. The zero-order chi connectivity index (χ0) is 15.4. The molecule has 21 heavy (non-hydrogen) atoms. The molecule has 0 aliphatic carbocycles. The van der Waals surface area contributed by atoms with Gasteiger partial charge in [0.05, 0.1) is 0 Å². The van der Waals surface area contributed by atoms with E-state index < -0.39 is 5.97 Å². The highest BCUT2D eigenvalue weighted by Gasteiger charge is 2.22. The van der Waals surface area contributed by atoms with Crippen LogP contribution >= 0.6 is 11.8 Å². The van der Waals surface area contributed by atoms with Crippen LogP contribution in [0.25, 0.3) is 6.08 Å². The fourth-order valence-corrected chi connectivity index (χ4v) is 3.31. The van der Waals surface area contributed by atoms with Gasteiger partial charge in [0.2, 0.25) is 0 Å². The van der Waals surface area contributed by atoms with Crippen molar-refractivity contribution in [2.75, 3.05) is 18.8 Å². The van der Waals surface area contributed by atoms with Crippen molar-refractivity contribution >= 4 is 29.7 Å². The highest BCUT2D eigenvalue weighted by atomic mass is 32.2. The molecule has 1 aromatic rings. The van der Waals surface area contributed by atoms with E-state index in [2.05, 4.69) is 6.92 Å². The molecule has 0 radical (unpaired) electrons. The lowest BCUT2D eigenvalue weighted by Gasteiger charge is -2.30. The Bertz CT molecular complexity index is 583. The molecule has 1 aromatic carbocycles. The number of hydrogen-bond donors (Lipinski definition) is 1. The van der Waals surface area contributed by atoms with E-state index in [0.29, 0.717) is 10.8 Å². The van der Waals surface area contributed by atoms with Gasteiger partial charge >= 0.3 is 5.97 Å². The van der Waals surface area contributed by atoms with Crippen molar-refractivity contribution < 1.29 is 14.7 Å². The topological polar surface area (TPSA) is 57.6 Å². The molecule has 1 saturated heterocycles. The maximum Gasteiger partial charge on any atom is 0.328 e. The molecular formula is C16H19NO3S. The Labute approximate surface area is 128 Å². The number of hydrogen-bond acceptors (Lipinski definition) is 3. The second-order valence-electron chi connectivity index (χ2n) is 5.18. The van der Waals surface area contributed by atoms with Gasteiger partial charge in [0.15, 0.2) is 0 Å². The van der Waals surface area contributed by atoms with Crippen LogP contribution in [0.4, 0.5) is 0 Å². The standard InChI is InChI=1S/C16H19NO3S/c1-11-3-4-14(9-13(11)5-6-15(18)19)16(20)17-7-8-21-12(2)10-17/h3-6,9,12H,7-8,10H2,1-2H3,(H,18,19)/b6-5+. The second kappa shape index (κ2) is 6.80. The number of thioether (sulfide) groups is 1. The molecule has 1 heterocycles. The molecule has 0 bridgehead atoms. The number of carboxylic acid groups (broad SMARTS) is 1. The van der Waals surface area contributed by atoms with Crippen LogP contribution in [-0.2, 0) is 4.79 Å². The summed E-state index contributed by atoms with van der Waals surface area (Å²) >= 11 is 1.88. The summed E-state index contributed by atoms with van der Waals surface area (Å²) in [5.74, 6) is -0.00926. The molecule has 0 saturated carbocycles. The van der Waals surface area contributed by atoms with Gasteiger partial charge in [-0.3, -0.25) is 4.79 Å². The van der Waals surface area contributed by atoms with Crippen molar-refractivity contribution in [3.05, 3.63) is 41.0 Å². The van der Waals surface area contributed by atoms with Gasteiger partial charge in [0, 0.05) is 35.7 Å². The molecular weight excluding hydrogens is 286 g/mol. The lowest BCUT2D eigenvalue weighted by atomic mass is 10.0. The number of benzene rings is 1. The Morgan fingerprint density at radius 3 is 2.86 bits per heavy atom. The largest absolute Gasteiger partial charge is 0.478 e. The summed E-state index contributed by atoms with van der Waals surface area (Å²) in [4.78, 5) is 25.0. The summed E-state index contributed by atoms with van der Waals surface area (Å²) in [5.41, 5.74) is 2.33. The number of aryl methyl sites for hydroxylation is 1. The molecule has 4 nitrogen and oxygen atoms in total. The van der Waals surface area contributed by atoms with Crippen LogP contribution in [0.3, 0.4) is 0 Å². The minimum atomic E-state index is -0.993. The van der Waals surface area contributed by atoms with E-state index in [9.17, 15) is 9.59 Å². The zero-order valence-corrected chi connectivity index (χ0v) is 13.0. The minimum absolute atomic E-state index is 0.0205. The fourth-order valence-electron chi connectivity index (χ4n) is 2.30. The smallest absolute Gasteiger partial charge is 0.328 e. The first-order valence-electron chi connectivity index (χ1n) is 6.90. The number of carbonyl (C=O) groups is 2. The van der Waals surface area contributed by atoms with Crippen molar-refractivity contribution in [2.45, 2.75) is 19.1 Å². The average Bonchev–Trinajstić information content (AvgIpc) is 2.45. The summed E-state index contributed by atoms with van der Waals surface area (Å²) in [6, 6.07) is 5.43. The number of amides is 1. The highest BCUT2D eigenvalue weighted by molar-refractivity contribution is 7.99. The molecule has 1 fully saturated rings. The number of nitrogens with zero attached hydrogens (tertiary/aromatic N) is 1. The van der Waals surface area contributed by atoms with Crippen molar-refractivity contribution in [3.63, 3.8) is 0 Å².